The van der Waals surface area contributed by atoms with Gasteiger partial charge in [0.25, 0.3) is 0 Å². The van der Waals surface area contributed by atoms with Gasteiger partial charge in [0.2, 0.25) is 5.88 Å². The molecular formula is C25H27NO3. The zero-order valence-corrected chi connectivity index (χ0v) is 17.0. The minimum atomic E-state index is -0.778. The van der Waals surface area contributed by atoms with Crippen molar-refractivity contribution < 1.29 is 14.6 Å². The van der Waals surface area contributed by atoms with Crippen molar-refractivity contribution >= 4 is 5.97 Å². The number of aryl methyl sites for hydroxylation is 3. The van der Waals surface area contributed by atoms with Crippen molar-refractivity contribution in [3.63, 3.8) is 0 Å². The van der Waals surface area contributed by atoms with Crippen LogP contribution in [-0.4, -0.2) is 16.1 Å². The Morgan fingerprint density at radius 2 is 1.52 bits per heavy atom. The zero-order valence-electron chi connectivity index (χ0n) is 17.0. The first-order valence-corrected chi connectivity index (χ1v) is 10.1. The van der Waals surface area contributed by atoms with Crippen LogP contribution in [0.25, 0.3) is 11.3 Å². The number of pyridine rings is 1. The summed E-state index contributed by atoms with van der Waals surface area (Å²) in [4.78, 5) is 15.4. The van der Waals surface area contributed by atoms with E-state index in [1.165, 1.54) is 16.7 Å². The molecule has 150 valence electrons. The highest BCUT2D eigenvalue weighted by atomic mass is 16.5. The smallest absolute Gasteiger partial charge is 0.303 e. The van der Waals surface area contributed by atoms with E-state index < -0.39 is 5.97 Å². The number of hydrogen-bond donors (Lipinski definition) is 1. The molecule has 2 aromatic carbocycles. The zero-order chi connectivity index (χ0) is 20.6. The number of carbonyl (C=O) groups is 1. The molecule has 3 rings (SSSR count). The van der Waals surface area contributed by atoms with Crippen LogP contribution >= 0.6 is 0 Å². The summed E-state index contributed by atoms with van der Waals surface area (Å²) in [7, 11) is 0. The van der Waals surface area contributed by atoms with Crippen molar-refractivity contribution in [3.05, 3.63) is 82.9 Å². The van der Waals surface area contributed by atoms with E-state index in [9.17, 15) is 4.79 Å². The molecule has 0 bridgehead atoms. The van der Waals surface area contributed by atoms with E-state index >= 15 is 0 Å². The van der Waals surface area contributed by atoms with E-state index in [0.717, 1.165) is 29.7 Å². The van der Waals surface area contributed by atoms with Gasteiger partial charge in [0, 0.05) is 18.1 Å². The molecule has 0 aliphatic carbocycles. The highest BCUT2D eigenvalue weighted by Gasteiger charge is 2.11. The Morgan fingerprint density at radius 3 is 2.14 bits per heavy atom. The molecule has 29 heavy (non-hydrogen) atoms. The van der Waals surface area contributed by atoms with Crippen molar-refractivity contribution in [2.24, 2.45) is 0 Å². The van der Waals surface area contributed by atoms with Gasteiger partial charge in [-0.1, -0.05) is 62.4 Å². The van der Waals surface area contributed by atoms with Gasteiger partial charge in [-0.05, 0) is 47.6 Å². The standard InChI is InChI=1S/C25H27NO3/c1-3-20-7-5-8-21(4-2)25(20)22-9-6-10-23(26-22)29-17-19-13-11-18(12-14-19)15-16-24(27)28/h5-14H,3-4,15-17H2,1-2H3,(H,27,28). The lowest BCUT2D eigenvalue weighted by Crippen LogP contribution is -2.01. The third kappa shape index (κ3) is 5.44. The monoisotopic (exact) mass is 389 g/mol. The molecule has 0 radical (unpaired) electrons. The highest BCUT2D eigenvalue weighted by molar-refractivity contribution is 5.68. The van der Waals surface area contributed by atoms with Crippen LogP contribution in [0.1, 0.15) is 42.5 Å². The number of rotatable bonds is 9. The van der Waals surface area contributed by atoms with Gasteiger partial charge in [-0.15, -0.1) is 0 Å². The molecule has 0 amide bonds. The lowest BCUT2D eigenvalue weighted by Gasteiger charge is -2.14. The summed E-state index contributed by atoms with van der Waals surface area (Å²) in [6, 6.07) is 20.2. The number of ether oxygens (including phenoxy) is 1. The van der Waals surface area contributed by atoms with Gasteiger partial charge >= 0.3 is 5.97 Å². The largest absolute Gasteiger partial charge is 0.481 e. The number of carboxylic acids is 1. The van der Waals surface area contributed by atoms with Crippen LogP contribution < -0.4 is 4.74 Å². The Morgan fingerprint density at radius 1 is 0.897 bits per heavy atom. The first kappa shape index (κ1) is 20.6. The molecule has 1 N–H and O–H groups in total. The molecule has 0 unspecified atom stereocenters. The SMILES string of the molecule is CCc1cccc(CC)c1-c1cccc(OCc2ccc(CCC(=O)O)cc2)n1. The second kappa shape index (κ2) is 9.87. The van der Waals surface area contributed by atoms with Gasteiger partial charge in [-0.25, -0.2) is 4.98 Å². The van der Waals surface area contributed by atoms with Crippen LogP contribution in [0.4, 0.5) is 0 Å². The summed E-state index contributed by atoms with van der Waals surface area (Å²) in [6.07, 6.45) is 2.61. The first-order valence-electron chi connectivity index (χ1n) is 10.1. The molecule has 1 heterocycles. The topological polar surface area (TPSA) is 59.4 Å². The maximum Gasteiger partial charge on any atom is 0.303 e. The van der Waals surface area contributed by atoms with E-state index in [-0.39, 0.29) is 6.42 Å². The summed E-state index contributed by atoms with van der Waals surface area (Å²) in [6.45, 7) is 4.75. The van der Waals surface area contributed by atoms with Gasteiger partial charge < -0.3 is 9.84 Å². The molecule has 0 fully saturated rings. The van der Waals surface area contributed by atoms with E-state index in [0.29, 0.717) is 18.9 Å². The van der Waals surface area contributed by atoms with Crippen LogP contribution in [-0.2, 0) is 30.7 Å². The summed E-state index contributed by atoms with van der Waals surface area (Å²) in [5.41, 5.74) is 6.79. The third-order valence-electron chi connectivity index (χ3n) is 5.02. The first-order chi connectivity index (χ1) is 14.1. The average Bonchev–Trinajstić information content (AvgIpc) is 2.76. The van der Waals surface area contributed by atoms with Crippen molar-refractivity contribution in [1.82, 2.24) is 4.98 Å². The summed E-state index contributed by atoms with van der Waals surface area (Å²) >= 11 is 0. The van der Waals surface area contributed by atoms with E-state index in [4.69, 9.17) is 14.8 Å². The van der Waals surface area contributed by atoms with Crippen LogP contribution in [0, 0.1) is 0 Å². The molecular weight excluding hydrogens is 362 g/mol. The summed E-state index contributed by atoms with van der Waals surface area (Å²) in [5, 5.41) is 8.78. The Balaban J connectivity index is 1.72. The normalized spacial score (nSPS) is 10.7. The second-order valence-electron chi connectivity index (χ2n) is 7.02. The number of aromatic nitrogens is 1. The fraction of sp³-hybridized carbons (Fsp3) is 0.280. The predicted molar refractivity (Wildman–Crippen MR) is 115 cm³/mol. The van der Waals surface area contributed by atoms with E-state index in [1.54, 1.807) is 0 Å². The molecule has 1 aromatic heterocycles. The summed E-state index contributed by atoms with van der Waals surface area (Å²) < 4.78 is 5.93. The van der Waals surface area contributed by atoms with Crippen LogP contribution in [0.15, 0.2) is 60.7 Å². The van der Waals surface area contributed by atoms with Gasteiger partial charge in [-0.2, -0.15) is 0 Å². The Hall–Kier alpha value is -3.14. The lowest BCUT2D eigenvalue weighted by atomic mass is 9.95. The predicted octanol–water partition coefficient (Wildman–Crippen LogP) is 5.47. The number of hydrogen-bond acceptors (Lipinski definition) is 3. The fourth-order valence-corrected chi connectivity index (χ4v) is 3.42. The van der Waals surface area contributed by atoms with Gasteiger partial charge in [0.1, 0.15) is 6.61 Å². The molecule has 0 aliphatic rings. The molecule has 0 aliphatic heterocycles. The number of nitrogens with zero attached hydrogens (tertiary/aromatic N) is 1. The van der Waals surface area contributed by atoms with Crippen molar-refractivity contribution in [2.45, 2.75) is 46.1 Å². The molecule has 3 aromatic rings. The van der Waals surface area contributed by atoms with Crippen LogP contribution in [0.2, 0.25) is 0 Å². The van der Waals surface area contributed by atoms with Crippen molar-refractivity contribution in [1.29, 1.82) is 0 Å². The number of aliphatic carboxylic acids is 1. The Bertz CT molecular complexity index is 942. The molecule has 0 spiro atoms. The van der Waals surface area contributed by atoms with Crippen molar-refractivity contribution in [3.8, 4) is 17.1 Å². The summed E-state index contributed by atoms with van der Waals surface area (Å²) in [5.74, 6) is -0.176. The average molecular weight is 389 g/mol. The Kier molecular flexibility index (Phi) is 7.01. The van der Waals surface area contributed by atoms with Crippen molar-refractivity contribution in [2.75, 3.05) is 0 Å². The quantitative estimate of drug-likeness (QED) is 0.527. The van der Waals surface area contributed by atoms with Gasteiger partial charge in [0.15, 0.2) is 0 Å². The number of benzene rings is 2. The highest BCUT2D eigenvalue weighted by Crippen LogP contribution is 2.29. The van der Waals surface area contributed by atoms with E-state index in [1.807, 2.05) is 42.5 Å². The Labute approximate surface area is 172 Å². The maximum absolute atomic E-state index is 10.7. The molecule has 4 heteroatoms. The molecule has 4 nitrogen and oxygen atoms in total. The number of carboxylic acid groups (broad SMARTS) is 1. The third-order valence-corrected chi connectivity index (χ3v) is 5.02. The fourth-order valence-electron chi connectivity index (χ4n) is 3.42. The van der Waals surface area contributed by atoms with Crippen LogP contribution in [0.5, 0.6) is 5.88 Å². The lowest BCUT2D eigenvalue weighted by molar-refractivity contribution is -0.136. The molecule has 0 saturated heterocycles. The second-order valence-corrected chi connectivity index (χ2v) is 7.02. The minimum absolute atomic E-state index is 0.144. The molecule has 0 saturated carbocycles. The van der Waals surface area contributed by atoms with Gasteiger partial charge in [-0.3, -0.25) is 4.79 Å². The van der Waals surface area contributed by atoms with E-state index in [2.05, 4.69) is 32.0 Å². The van der Waals surface area contributed by atoms with Gasteiger partial charge in [0.05, 0.1) is 5.69 Å². The minimum Gasteiger partial charge on any atom is -0.481 e. The van der Waals surface area contributed by atoms with Crippen LogP contribution in [0.3, 0.4) is 0 Å². The molecule has 0 atom stereocenters. The maximum atomic E-state index is 10.7.